The molecule has 1 aromatic heterocycles. The highest BCUT2D eigenvalue weighted by atomic mass is 79.9. The Labute approximate surface area is 105 Å². The Morgan fingerprint density at radius 3 is 2.79 bits per heavy atom. The lowest BCUT2D eigenvalue weighted by molar-refractivity contribution is 0.0762. The standard InChI is InChI=1S/C9H11Br2NOS/c1-6(5-10)12(2)9(13)8-7(11)3-4-14-8/h3-4,6H,5H2,1-2H3. The number of hydrogen-bond acceptors (Lipinski definition) is 2. The van der Waals surface area contributed by atoms with Crippen molar-refractivity contribution < 1.29 is 4.79 Å². The van der Waals surface area contributed by atoms with Gasteiger partial charge in [0.1, 0.15) is 4.88 Å². The zero-order chi connectivity index (χ0) is 10.7. The predicted octanol–water partition coefficient (Wildman–Crippen LogP) is 3.37. The van der Waals surface area contributed by atoms with Crippen LogP contribution in [0.5, 0.6) is 0 Å². The summed E-state index contributed by atoms with van der Waals surface area (Å²) in [5.41, 5.74) is 0. The minimum atomic E-state index is 0.0684. The molecule has 0 fully saturated rings. The SMILES string of the molecule is CC(CBr)N(C)C(=O)c1sccc1Br. The molecule has 2 nitrogen and oxygen atoms in total. The number of halogens is 2. The van der Waals surface area contributed by atoms with E-state index >= 15 is 0 Å². The fourth-order valence-corrected chi connectivity index (χ4v) is 2.87. The highest BCUT2D eigenvalue weighted by molar-refractivity contribution is 9.10. The molecule has 0 saturated carbocycles. The molecule has 78 valence electrons. The lowest BCUT2D eigenvalue weighted by Gasteiger charge is -2.22. The Morgan fingerprint density at radius 2 is 2.36 bits per heavy atom. The Kier molecular flexibility index (Phi) is 4.60. The normalized spacial score (nSPS) is 12.6. The summed E-state index contributed by atoms with van der Waals surface area (Å²) in [5.74, 6) is 0.0684. The molecule has 0 N–H and O–H groups in total. The Balaban J connectivity index is 2.81. The van der Waals surface area contributed by atoms with Gasteiger partial charge in [-0.05, 0) is 34.3 Å². The Hall–Kier alpha value is 0.130. The van der Waals surface area contributed by atoms with Crippen molar-refractivity contribution in [3.63, 3.8) is 0 Å². The van der Waals surface area contributed by atoms with E-state index in [-0.39, 0.29) is 11.9 Å². The second-order valence-electron chi connectivity index (χ2n) is 3.02. The highest BCUT2D eigenvalue weighted by Gasteiger charge is 2.19. The molecule has 0 saturated heterocycles. The first kappa shape index (κ1) is 12.2. The zero-order valence-corrected chi connectivity index (χ0v) is 11.9. The molecule has 0 bridgehead atoms. The maximum Gasteiger partial charge on any atom is 0.265 e. The summed E-state index contributed by atoms with van der Waals surface area (Å²) in [6.45, 7) is 2.01. The lowest BCUT2D eigenvalue weighted by atomic mass is 10.3. The van der Waals surface area contributed by atoms with E-state index in [9.17, 15) is 4.79 Å². The first-order valence-corrected chi connectivity index (χ1v) is 6.93. The van der Waals surface area contributed by atoms with Crippen molar-refractivity contribution in [2.24, 2.45) is 0 Å². The van der Waals surface area contributed by atoms with Crippen molar-refractivity contribution in [2.75, 3.05) is 12.4 Å². The molecule has 1 atom stereocenters. The van der Waals surface area contributed by atoms with Crippen LogP contribution in [0.2, 0.25) is 0 Å². The van der Waals surface area contributed by atoms with Crippen LogP contribution < -0.4 is 0 Å². The van der Waals surface area contributed by atoms with Gasteiger partial charge in [0.15, 0.2) is 0 Å². The molecule has 1 rings (SSSR count). The van der Waals surface area contributed by atoms with Gasteiger partial charge in [0.05, 0.1) is 0 Å². The third-order valence-corrected chi connectivity index (χ3v) is 4.78. The molecule has 0 radical (unpaired) electrons. The summed E-state index contributed by atoms with van der Waals surface area (Å²) >= 11 is 8.18. The van der Waals surface area contributed by atoms with Crippen LogP contribution in [0, 0.1) is 0 Å². The summed E-state index contributed by atoms with van der Waals surface area (Å²) in [6, 6.07) is 2.10. The van der Waals surface area contributed by atoms with Gasteiger partial charge in [-0.1, -0.05) is 15.9 Å². The van der Waals surface area contributed by atoms with Gasteiger partial charge >= 0.3 is 0 Å². The summed E-state index contributed by atoms with van der Waals surface area (Å²) < 4.78 is 0.876. The molecule has 1 amide bonds. The number of nitrogens with zero attached hydrogens (tertiary/aromatic N) is 1. The highest BCUT2D eigenvalue weighted by Crippen LogP contribution is 2.24. The molecule has 0 spiro atoms. The van der Waals surface area contributed by atoms with Crippen LogP contribution in [0.25, 0.3) is 0 Å². The van der Waals surface area contributed by atoms with Crippen LogP contribution in [0.4, 0.5) is 0 Å². The van der Waals surface area contributed by atoms with Gasteiger partial charge in [-0.25, -0.2) is 0 Å². The fraction of sp³-hybridized carbons (Fsp3) is 0.444. The van der Waals surface area contributed by atoms with Crippen molar-refractivity contribution in [3.8, 4) is 0 Å². The molecule has 0 aliphatic carbocycles. The predicted molar refractivity (Wildman–Crippen MR) is 67.4 cm³/mol. The molecule has 14 heavy (non-hydrogen) atoms. The fourth-order valence-electron chi connectivity index (χ4n) is 0.910. The molecule has 1 heterocycles. The van der Waals surface area contributed by atoms with Crippen LogP contribution in [0.15, 0.2) is 15.9 Å². The maximum absolute atomic E-state index is 11.9. The lowest BCUT2D eigenvalue weighted by Crippen LogP contribution is -2.35. The van der Waals surface area contributed by atoms with E-state index < -0.39 is 0 Å². The van der Waals surface area contributed by atoms with Crippen molar-refractivity contribution in [2.45, 2.75) is 13.0 Å². The molecule has 0 aliphatic rings. The van der Waals surface area contributed by atoms with Gasteiger partial charge in [0, 0.05) is 22.9 Å². The topological polar surface area (TPSA) is 20.3 Å². The van der Waals surface area contributed by atoms with Crippen molar-refractivity contribution in [1.29, 1.82) is 0 Å². The van der Waals surface area contributed by atoms with E-state index in [0.717, 1.165) is 14.7 Å². The quantitative estimate of drug-likeness (QED) is 0.772. The van der Waals surface area contributed by atoms with Crippen LogP contribution in [-0.4, -0.2) is 29.2 Å². The second kappa shape index (κ2) is 5.28. The minimum absolute atomic E-state index is 0.0684. The molecule has 0 aliphatic heterocycles. The van der Waals surface area contributed by atoms with E-state index in [1.54, 1.807) is 4.90 Å². The summed E-state index contributed by atoms with van der Waals surface area (Å²) in [7, 11) is 1.82. The van der Waals surface area contributed by atoms with Crippen LogP contribution in [-0.2, 0) is 0 Å². The molecular formula is C9H11Br2NOS. The molecule has 0 aromatic carbocycles. The van der Waals surface area contributed by atoms with E-state index in [0.29, 0.717) is 0 Å². The zero-order valence-electron chi connectivity index (χ0n) is 7.96. The largest absolute Gasteiger partial charge is 0.337 e. The second-order valence-corrected chi connectivity index (χ2v) is 5.43. The third-order valence-electron chi connectivity index (χ3n) is 2.02. The van der Waals surface area contributed by atoms with Gasteiger partial charge in [-0.15, -0.1) is 11.3 Å². The summed E-state index contributed by atoms with van der Waals surface area (Å²) in [4.78, 5) is 14.4. The first-order valence-electron chi connectivity index (χ1n) is 4.14. The number of amides is 1. The van der Waals surface area contributed by atoms with Crippen LogP contribution >= 0.6 is 43.2 Å². The van der Waals surface area contributed by atoms with Crippen molar-refractivity contribution in [1.82, 2.24) is 4.90 Å². The Morgan fingerprint density at radius 1 is 1.71 bits per heavy atom. The Bertz CT molecular complexity index is 326. The van der Waals surface area contributed by atoms with E-state index in [2.05, 4.69) is 31.9 Å². The van der Waals surface area contributed by atoms with Crippen molar-refractivity contribution in [3.05, 3.63) is 20.8 Å². The molecular weight excluding hydrogens is 330 g/mol. The summed E-state index contributed by atoms with van der Waals surface area (Å²) in [6.07, 6.45) is 0. The number of rotatable bonds is 3. The van der Waals surface area contributed by atoms with Crippen LogP contribution in [0.1, 0.15) is 16.6 Å². The molecule has 1 unspecified atom stereocenters. The van der Waals surface area contributed by atoms with Crippen molar-refractivity contribution >= 4 is 49.1 Å². The monoisotopic (exact) mass is 339 g/mol. The molecule has 1 aromatic rings. The van der Waals surface area contributed by atoms with Gasteiger partial charge in [-0.3, -0.25) is 4.79 Å². The number of carbonyl (C=O) groups excluding carboxylic acids is 1. The number of carbonyl (C=O) groups is 1. The van der Waals surface area contributed by atoms with Gasteiger partial charge in [0.25, 0.3) is 5.91 Å². The third kappa shape index (κ3) is 2.58. The van der Waals surface area contributed by atoms with Crippen LogP contribution in [0.3, 0.4) is 0 Å². The number of hydrogen-bond donors (Lipinski definition) is 0. The van der Waals surface area contributed by atoms with E-state index in [1.807, 2.05) is 25.4 Å². The average Bonchev–Trinajstić information content (AvgIpc) is 2.61. The minimum Gasteiger partial charge on any atom is -0.337 e. The number of alkyl halides is 1. The van der Waals surface area contributed by atoms with Gasteiger partial charge in [-0.2, -0.15) is 0 Å². The average molecular weight is 341 g/mol. The van der Waals surface area contributed by atoms with Gasteiger partial charge < -0.3 is 4.90 Å². The van der Waals surface area contributed by atoms with E-state index in [4.69, 9.17) is 0 Å². The maximum atomic E-state index is 11.9. The smallest absolute Gasteiger partial charge is 0.265 e. The van der Waals surface area contributed by atoms with E-state index in [1.165, 1.54) is 11.3 Å². The number of thiophene rings is 1. The summed E-state index contributed by atoms with van der Waals surface area (Å²) in [5, 5.41) is 2.70. The first-order chi connectivity index (χ1) is 6.57. The van der Waals surface area contributed by atoms with Gasteiger partial charge in [0.2, 0.25) is 0 Å². The molecule has 5 heteroatoms.